The van der Waals surface area contributed by atoms with E-state index in [1.54, 1.807) is 0 Å². The maximum Gasteiger partial charge on any atom is 0.252 e. The first-order valence-electron chi connectivity index (χ1n) is 4.75. The van der Waals surface area contributed by atoms with Crippen molar-refractivity contribution in [3.63, 3.8) is 0 Å². The smallest absolute Gasteiger partial charge is 0.252 e. The number of carbonyl (C=O) groups is 3. The van der Waals surface area contributed by atoms with Crippen molar-refractivity contribution < 1.29 is 19.5 Å². The zero-order chi connectivity index (χ0) is 12.8. The Balaban J connectivity index is 4.81. The number of aliphatic hydroxyl groups is 1. The summed E-state index contributed by atoms with van der Waals surface area (Å²) in [7, 11) is 4.08. The summed E-state index contributed by atoms with van der Waals surface area (Å²) in [6.45, 7) is 0. The van der Waals surface area contributed by atoms with Crippen molar-refractivity contribution >= 4 is 17.7 Å². The van der Waals surface area contributed by atoms with E-state index in [0.717, 1.165) is 0 Å². The van der Waals surface area contributed by atoms with Crippen LogP contribution in [0.5, 0.6) is 0 Å². The Kier molecular flexibility index (Phi) is 5.44. The maximum absolute atomic E-state index is 11.4. The van der Waals surface area contributed by atoms with E-state index in [1.165, 1.54) is 21.1 Å². The van der Waals surface area contributed by atoms with Gasteiger partial charge in [-0.25, -0.2) is 0 Å². The van der Waals surface area contributed by atoms with Crippen LogP contribution >= 0.6 is 0 Å². The lowest BCUT2D eigenvalue weighted by atomic mass is 9.93. The molecule has 0 rings (SSSR count). The number of rotatable bonds is 5. The van der Waals surface area contributed by atoms with Crippen LogP contribution in [0.1, 0.15) is 12.8 Å². The Morgan fingerprint density at radius 1 is 0.938 bits per heavy atom. The minimum absolute atomic E-state index is 0.462. The van der Waals surface area contributed by atoms with Gasteiger partial charge >= 0.3 is 0 Å². The molecule has 0 bridgehead atoms. The van der Waals surface area contributed by atoms with E-state index in [4.69, 9.17) is 0 Å². The largest absolute Gasteiger partial charge is 0.379 e. The van der Waals surface area contributed by atoms with Crippen molar-refractivity contribution in [3.05, 3.63) is 0 Å². The molecule has 0 saturated carbocycles. The summed E-state index contributed by atoms with van der Waals surface area (Å²) in [5, 5.41) is 16.7. The van der Waals surface area contributed by atoms with Gasteiger partial charge in [0.15, 0.2) is 5.60 Å². The molecule has 0 unspecified atom stereocenters. The average molecular weight is 231 g/mol. The highest BCUT2D eigenvalue weighted by Gasteiger charge is 2.39. The zero-order valence-corrected chi connectivity index (χ0v) is 9.59. The third-order valence-corrected chi connectivity index (χ3v) is 2.11. The zero-order valence-electron chi connectivity index (χ0n) is 9.59. The third-order valence-electron chi connectivity index (χ3n) is 2.11. The molecule has 0 aliphatic heterocycles. The highest BCUT2D eigenvalue weighted by atomic mass is 16.3. The van der Waals surface area contributed by atoms with Crippen molar-refractivity contribution in [1.29, 1.82) is 0 Å². The summed E-state index contributed by atoms with van der Waals surface area (Å²) in [6.07, 6.45) is -0.923. The normalized spacial score (nSPS) is 10.5. The molecule has 0 aliphatic carbocycles. The fourth-order valence-electron chi connectivity index (χ4n) is 1.16. The van der Waals surface area contributed by atoms with Crippen LogP contribution in [0, 0.1) is 0 Å². The monoisotopic (exact) mass is 231 g/mol. The van der Waals surface area contributed by atoms with Gasteiger partial charge in [0.1, 0.15) is 0 Å². The first-order chi connectivity index (χ1) is 7.39. The molecule has 7 heteroatoms. The number of hydrogen-bond donors (Lipinski definition) is 4. The Hall–Kier alpha value is -1.63. The maximum atomic E-state index is 11.4. The van der Waals surface area contributed by atoms with Gasteiger partial charge in [-0.1, -0.05) is 0 Å². The molecule has 7 nitrogen and oxygen atoms in total. The molecule has 0 atom stereocenters. The van der Waals surface area contributed by atoms with Gasteiger partial charge in [-0.2, -0.15) is 0 Å². The summed E-state index contributed by atoms with van der Waals surface area (Å²) in [4.78, 5) is 33.7. The van der Waals surface area contributed by atoms with Gasteiger partial charge in [0.25, 0.3) is 5.91 Å². The van der Waals surface area contributed by atoms with Crippen molar-refractivity contribution in [2.75, 3.05) is 21.1 Å². The Morgan fingerprint density at radius 2 is 1.31 bits per heavy atom. The molecule has 16 heavy (non-hydrogen) atoms. The van der Waals surface area contributed by atoms with Crippen molar-refractivity contribution in [3.8, 4) is 0 Å². The molecule has 0 radical (unpaired) electrons. The van der Waals surface area contributed by atoms with Crippen molar-refractivity contribution in [2.24, 2.45) is 0 Å². The predicted octanol–water partition coefficient (Wildman–Crippen LogP) is -2.26. The first kappa shape index (κ1) is 14.4. The lowest BCUT2D eigenvalue weighted by Crippen LogP contribution is -2.50. The predicted molar refractivity (Wildman–Crippen MR) is 56.4 cm³/mol. The minimum atomic E-state index is -2.02. The fraction of sp³-hybridized carbons (Fsp3) is 0.667. The summed E-state index contributed by atoms with van der Waals surface area (Å²) < 4.78 is 0. The molecule has 92 valence electrons. The summed E-state index contributed by atoms with van der Waals surface area (Å²) in [6, 6.07) is 0. The van der Waals surface area contributed by atoms with Crippen molar-refractivity contribution in [1.82, 2.24) is 16.0 Å². The SMILES string of the molecule is CNC(=O)CC(O)(CC(=O)NC)C(=O)NC. The third kappa shape index (κ3) is 3.85. The van der Waals surface area contributed by atoms with E-state index >= 15 is 0 Å². The lowest BCUT2D eigenvalue weighted by molar-refractivity contribution is -0.149. The fourth-order valence-corrected chi connectivity index (χ4v) is 1.16. The molecule has 0 spiro atoms. The topological polar surface area (TPSA) is 108 Å². The van der Waals surface area contributed by atoms with Crippen LogP contribution in [0.2, 0.25) is 0 Å². The molecule has 0 fully saturated rings. The number of likely N-dealkylation sites (N-methyl/N-ethyl adjacent to an activating group) is 1. The Labute approximate surface area is 93.6 Å². The molecule has 0 aromatic carbocycles. The van der Waals surface area contributed by atoms with E-state index in [9.17, 15) is 19.5 Å². The van der Waals surface area contributed by atoms with E-state index in [1.807, 2.05) is 0 Å². The Morgan fingerprint density at radius 3 is 1.56 bits per heavy atom. The van der Waals surface area contributed by atoms with E-state index < -0.39 is 36.2 Å². The van der Waals surface area contributed by atoms with Gasteiger partial charge in [0.05, 0.1) is 12.8 Å². The highest BCUT2D eigenvalue weighted by Crippen LogP contribution is 2.15. The van der Waals surface area contributed by atoms with Crippen LogP contribution in [0.15, 0.2) is 0 Å². The highest BCUT2D eigenvalue weighted by molar-refractivity contribution is 5.94. The van der Waals surface area contributed by atoms with Crippen LogP contribution in [0.25, 0.3) is 0 Å². The average Bonchev–Trinajstić information content (AvgIpc) is 2.27. The van der Waals surface area contributed by atoms with Gasteiger partial charge in [0.2, 0.25) is 11.8 Å². The second kappa shape index (κ2) is 6.06. The number of carbonyl (C=O) groups excluding carboxylic acids is 3. The number of amides is 3. The van der Waals surface area contributed by atoms with Crippen LogP contribution in [0.3, 0.4) is 0 Å². The van der Waals surface area contributed by atoms with Crippen LogP contribution in [0.4, 0.5) is 0 Å². The molecule has 0 aromatic heterocycles. The van der Waals surface area contributed by atoms with Gasteiger partial charge in [-0.15, -0.1) is 0 Å². The molecule has 0 aliphatic rings. The molecular weight excluding hydrogens is 214 g/mol. The summed E-state index contributed by atoms with van der Waals surface area (Å²) in [5.74, 6) is -1.80. The van der Waals surface area contributed by atoms with E-state index in [0.29, 0.717) is 0 Å². The number of nitrogens with one attached hydrogen (secondary N) is 3. The minimum Gasteiger partial charge on any atom is -0.379 e. The van der Waals surface area contributed by atoms with E-state index in [-0.39, 0.29) is 0 Å². The summed E-state index contributed by atoms with van der Waals surface area (Å²) >= 11 is 0. The van der Waals surface area contributed by atoms with Gasteiger partial charge in [0, 0.05) is 21.1 Å². The molecule has 0 saturated heterocycles. The molecule has 0 aromatic rings. The quantitative estimate of drug-likeness (QED) is 0.428. The van der Waals surface area contributed by atoms with Crippen LogP contribution in [-0.2, 0) is 14.4 Å². The number of hydrogen-bond acceptors (Lipinski definition) is 4. The molecule has 0 heterocycles. The second-order valence-electron chi connectivity index (χ2n) is 3.31. The first-order valence-corrected chi connectivity index (χ1v) is 4.75. The summed E-state index contributed by atoms with van der Waals surface area (Å²) in [5.41, 5.74) is -2.02. The van der Waals surface area contributed by atoms with E-state index in [2.05, 4.69) is 16.0 Å². The van der Waals surface area contributed by atoms with Gasteiger partial charge in [-0.3, -0.25) is 14.4 Å². The molecule has 4 N–H and O–H groups in total. The molecule has 3 amide bonds. The second-order valence-corrected chi connectivity index (χ2v) is 3.31. The lowest BCUT2D eigenvalue weighted by Gasteiger charge is -2.24. The van der Waals surface area contributed by atoms with Crippen LogP contribution in [-0.4, -0.2) is 49.6 Å². The van der Waals surface area contributed by atoms with Crippen LogP contribution < -0.4 is 16.0 Å². The standard InChI is InChI=1S/C9H17N3O4/c1-10-6(13)4-9(16,8(15)12-3)5-7(14)11-2/h16H,4-5H2,1-3H3,(H,10,13)(H,11,14)(H,12,15). The van der Waals surface area contributed by atoms with Gasteiger partial charge < -0.3 is 21.1 Å². The Bertz CT molecular complexity index is 272. The van der Waals surface area contributed by atoms with Crippen molar-refractivity contribution in [2.45, 2.75) is 18.4 Å². The van der Waals surface area contributed by atoms with Gasteiger partial charge in [-0.05, 0) is 0 Å². The molecular formula is C9H17N3O4.